The molecule has 1 nitrogen and oxygen atoms in total. The number of halogens is 2. The zero-order valence-electron chi connectivity index (χ0n) is 8.36. The first kappa shape index (κ1) is 10.6. The number of nitrogens with zero attached hydrogens (tertiary/aromatic N) is 1. The minimum atomic E-state index is -0.908. The van der Waals surface area contributed by atoms with Crippen molar-refractivity contribution >= 4 is 0 Å². The summed E-state index contributed by atoms with van der Waals surface area (Å²) in [7, 11) is 0. The Morgan fingerprint density at radius 1 is 1.21 bits per heavy atom. The highest BCUT2D eigenvalue weighted by Gasteiger charge is 2.23. The first-order valence-electron chi connectivity index (χ1n) is 4.26. The van der Waals surface area contributed by atoms with Crippen molar-refractivity contribution in [3.63, 3.8) is 0 Å². The topological polar surface area (TPSA) is 23.8 Å². The van der Waals surface area contributed by atoms with Crippen LogP contribution in [0.2, 0.25) is 0 Å². The second-order valence-corrected chi connectivity index (χ2v) is 3.82. The van der Waals surface area contributed by atoms with Gasteiger partial charge in [0.25, 0.3) is 0 Å². The van der Waals surface area contributed by atoms with Gasteiger partial charge in [-0.05, 0) is 44.0 Å². The molecule has 14 heavy (non-hydrogen) atoms. The third-order valence-corrected chi connectivity index (χ3v) is 2.22. The summed E-state index contributed by atoms with van der Waals surface area (Å²) in [6, 6.07) is 4.26. The fraction of sp³-hybridized carbons (Fsp3) is 0.364. The lowest BCUT2D eigenvalue weighted by Crippen LogP contribution is -2.16. The molecule has 0 aromatic heterocycles. The van der Waals surface area contributed by atoms with E-state index in [2.05, 4.69) is 6.07 Å². The van der Waals surface area contributed by atoms with E-state index in [-0.39, 0.29) is 0 Å². The molecule has 1 rings (SSSR count). The molecule has 1 aromatic rings. The molecule has 0 radical (unpaired) electrons. The zero-order chi connectivity index (χ0) is 10.9. The number of aryl methyl sites for hydroxylation is 1. The molecule has 0 amide bonds. The molecular formula is C11H11F2N. The van der Waals surface area contributed by atoms with Gasteiger partial charge < -0.3 is 0 Å². The Labute approximate surface area is 82.0 Å². The molecule has 0 aliphatic rings. The Kier molecular flexibility index (Phi) is 2.57. The third-order valence-electron chi connectivity index (χ3n) is 2.22. The van der Waals surface area contributed by atoms with Crippen LogP contribution in [0, 0.1) is 29.9 Å². The van der Waals surface area contributed by atoms with Gasteiger partial charge in [0, 0.05) is 0 Å². The summed E-state index contributed by atoms with van der Waals surface area (Å²) in [4.78, 5) is 0. The van der Waals surface area contributed by atoms with Crippen molar-refractivity contribution < 1.29 is 8.78 Å². The summed E-state index contributed by atoms with van der Waals surface area (Å²) < 4.78 is 25.7. The number of hydrogen-bond donors (Lipinski definition) is 0. The lowest BCUT2D eigenvalue weighted by Gasteiger charge is -2.18. The molecule has 0 aliphatic carbocycles. The molecule has 1 aromatic carbocycles. The lowest BCUT2D eigenvalue weighted by molar-refractivity contribution is 0.502. The van der Waals surface area contributed by atoms with Crippen LogP contribution in [0.5, 0.6) is 0 Å². The van der Waals surface area contributed by atoms with Crippen LogP contribution in [-0.4, -0.2) is 0 Å². The van der Waals surface area contributed by atoms with Crippen LogP contribution in [0.15, 0.2) is 12.1 Å². The van der Waals surface area contributed by atoms with Gasteiger partial charge in [-0.15, -0.1) is 0 Å². The SMILES string of the molecule is Cc1cc(F)c(F)cc1C(C)(C)C#N. The normalized spacial score (nSPS) is 11.1. The van der Waals surface area contributed by atoms with Crippen LogP contribution in [0.25, 0.3) is 0 Å². The highest BCUT2D eigenvalue weighted by Crippen LogP contribution is 2.27. The highest BCUT2D eigenvalue weighted by atomic mass is 19.2. The van der Waals surface area contributed by atoms with E-state index < -0.39 is 17.0 Å². The van der Waals surface area contributed by atoms with Gasteiger partial charge in [0.1, 0.15) is 0 Å². The third kappa shape index (κ3) is 1.74. The summed E-state index contributed by atoms with van der Waals surface area (Å²) in [6.07, 6.45) is 0. The van der Waals surface area contributed by atoms with Crippen LogP contribution in [0.3, 0.4) is 0 Å². The van der Waals surface area contributed by atoms with Gasteiger partial charge in [-0.25, -0.2) is 8.78 Å². The van der Waals surface area contributed by atoms with Gasteiger partial charge in [0.15, 0.2) is 11.6 Å². The molecule has 0 heterocycles. The maximum atomic E-state index is 12.9. The van der Waals surface area contributed by atoms with Gasteiger partial charge in [0.2, 0.25) is 0 Å². The van der Waals surface area contributed by atoms with Crippen molar-refractivity contribution in [2.24, 2.45) is 0 Å². The van der Waals surface area contributed by atoms with Crippen molar-refractivity contribution in [3.05, 3.63) is 34.9 Å². The van der Waals surface area contributed by atoms with E-state index in [4.69, 9.17) is 5.26 Å². The molecule has 0 saturated heterocycles. The van der Waals surface area contributed by atoms with Gasteiger partial charge in [-0.1, -0.05) is 0 Å². The second kappa shape index (κ2) is 3.38. The Morgan fingerprint density at radius 2 is 1.71 bits per heavy atom. The smallest absolute Gasteiger partial charge is 0.159 e. The monoisotopic (exact) mass is 195 g/mol. The van der Waals surface area contributed by atoms with Gasteiger partial charge in [-0.2, -0.15) is 5.26 Å². The van der Waals surface area contributed by atoms with Crippen LogP contribution >= 0.6 is 0 Å². The second-order valence-electron chi connectivity index (χ2n) is 3.82. The molecule has 0 unspecified atom stereocenters. The molecule has 0 bridgehead atoms. The fourth-order valence-electron chi connectivity index (χ4n) is 1.38. The highest BCUT2D eigenvalue weighted by molar-refractivity contribution is 5.37. The van der Waals surface area contributed by atoms with Crippen LogP contribution in [0.4, 0.5) is 8.78 Å². The van der Waals surface area contributed by atoms with Crippen molar-refractivity contribution in [1.82, 2.24) is 0 Å². The largest absolute Gasteiger partial charge is 0.204 e. The first-order valence-corrected chi connectivity index (χ1v) is 4.26. The average molecular weight is 195 g/mol. The number of benzene rings is 1. The van der Waals surface area contributed by atoms with Crippen molar-refractivity contribution in [3.8, 4) is 6.07 Å². The van der Waals surface area contributed by atoms with E-state index in [0.29, 0.717) is 11.1 Å². The minimum Gasteiger partial charge on any atom is -0.204 e. The molecule has 0 saturated carbocycles. The summed E-state index contributed by atoms with van der Waals surface area (Å²) in [5, 5.41) is 8.87. The van der Waals surface area contributed by atoms with Gasteiger partial charge in [-0.3, -0.25) is 0 Å². The van der Waals surface area contributed by atoms with E-state index in [1.54, 1.807) is 20.8 Å². The molecular weight excluding hydrogens is 184 g/mol. The van der Waals surface area contributed by atoms with Crippen LogP contribution in [0.1, 0.15) is 25.0 Å². The maximum Gasteiger partial charge on any atom is 0.159 e. The van der Waals surface area contributed by atoms with E-state index >= 15 is 0 Å². The minimum absolute atomic E-state index is 0.527. The molecule has 0 N–H and O–H groups in total. The molecule has 0 fully saturated rings. The summed E-state index contributed by atoms with van der Waals surface area (Å²) in [5.41, 5.74) is 0.327. The molecule has 3 heteroatoms. The Hall–Kier alpha value is -1.43. The number of hydrogen-bond acceptors (Lipinski definition) is 1. The van der Waals surface area contributed by atoms with Crippen molar-refractivity contribution in [1.29, 1.82) is 5.26 Å². The number of rotatable bonds is 1. The van der Waals surface area contributed by atoms with Crippen LogP contribution in [-0.2, 0) is 5.41 Å². The quantitative estimate of drug-likeness (QED) is 0.675. The number of nitriles is 1. The maximum absolute atomic E-state index is 12.9. The predicted octanol–water partition coefficient (Wildman–Crippen LogP) is 3.07. The first-order chi connectivity index (χ1) is 6.38. The summed E-state index contributed by atoms with van der Waals surface area (Å²) in [6.45, 7) is 5.01. The molecule has 0 spiro atoms. The van der Waals surface area contributed by atoms with Gasteiger partial charge in [0.05, 0.1) is 11.5 Å². The van der Waals surface area contributed by atoms with E-state index in [0.717, 1.165) is 12.1 Å². The Balaban J connectivity index is 3.38. The summed E-state index contributed by atoms with van der Waals surface area (Å²) in [5.74, 6) is -1.78. The fourth-order valence-corrected chi connectivity index (χ4v) is 1.38. The Bertz CT molecular complexity index is 402. The summed E-state index contributed by atoms with van der Waals surface area (Å²) >= 11 is 0. The molecule has 74 valence electrons. The molecule has 0 atom stereocenters. The van der Waals surface area contributed by atoms with E-state index in [1.165, 1.54) is 0 Å². The van der Waals surface area contributed by atoms with Crippen LogP contribution < -0.4 is 0 Å². The van der Waals surface area contributed by atoms with E-state index in [9.17, 15) is 8.78 Å². The average Bonchev–Trinajstić information content (AvgIpc) is 2.11. The van der Waals surface area contributed by atoms with Crippen molar-refractivity contribution in [2.45, 2.75) is 26.2 Å². The lowest BCUT2D eigenvalue weighted by atomic mass is 9.83. The van der Waals surface area contributed by atoms with Crippen molar-refractivity contribution in [2.75, 3.05) is 0 Å². The Morgan fingerprint density at radius 3 is 2.21 bits per heavy atom. The zero-order valence-corrected chi connectivity index (χ0v) is 8.36. The van der Waals surface area contributed by atoms with E-state index in [1.807, 2.05) is 0 Å². The van der Waals surface area contributed by atoms with Gasteiger partial charge >= 0.3 is 0 Å². The standard InChI is InChI=1S/C11H11F2N/c1-7-4-9(12)10(13)5-8(7)11(2,3)6-14/h4-5H,1-3H3. The predicted molar refractivity (Wildman–Crippen MR) is 49.7 cm³/mol. The molecule has 0 aliphatic heterocycles.